The molecule has 0 saturated carbocycles. The minimum Gasteiger partial charge on any atom is -0.716 e. The molecule has 0 aliphatic heterocycles. The van der Waals surface area contributed by atoms with Crippen molar-refractivity contribution in [2.24, 2.45) is 71.0 Å². The summed E-state index contributed by atoms with van der Waals surface area (Å²) in [5.41, 5.74) is 0. The summed E-state index contributed by atoms with van der Waals surface area (Å²) in [7, 11) is -12.1. The van der Waals surface area contributed by atoms with Crippen LogP contribution in [0.5, 0.6) is 0 Å². The van der Waals surface area contributed by atoms with Gasteiger partial charge in [-0.3, -0.25) is 27.4 Å². The van der Waals surface area contributed by atoms with Crippen molar-refractivity contribution in [2.45, 2.75) is 148 Å². The Labute approximate surface area is 358 Å². The van der Waals surface area contributed by atoms with Crippen LogP contribution in [0.2, 0.25) is 0 Å². The molecule has 0 rings (SSSR count). The van der Waals surface area contributed by atoms with Crippen molar-refractivity contribution < 1.29 is 71.3 Å². The van der Waals surface area contributed by atoms with E-state index in [9.17, 15) is 28.7 Å². The lowest BCUT2D eigenvalue weighted by Crippen LogP contribution is -2.20. The number of hydrogen-bond acceptors (Lipinski definition) is 11. The molecule has 15 unspecified atom stereocenters. The van der Waals surface area contributed by atoms with E-state index >= 15 is 0 Å². The number of aliphatic hydroxyl groups is 2. The molecule has 0 aromatic heterocycles. The quantitative estimate of drug-likeness (QED) is 0.0230. The molecule has 0 aliphatic rings. The Morgan fingerprint density at radius 1 is 0.441 bits per heavy atom. The molecule has 15 atom stereocenters. The fraction of sp³-hybridized carbons (Fsp3) is 1.00. The summed E-state index contributed by atoms with van der Waals surface area (Å²) in [6.07, 6.45) is 6.71. The number of hydrogen-bond donors (Lipinski definition) is 5. The molecule has 5 N–H and O–H groups in total. The second-order valence-electron chi connectivity index (χ2n) is 17.7. The first kappa shape index (κ1) is 63.5. The van der Waals surface area contributed by atoms with Gasteiger partial charge in [-0.2, -0.15) is 0 Å². The molecule has 14 nitrogen and oxygen atoms in total. The maximum Gasteiger partial charge on any atom is 0.472 e. The highest BCUT2D eigenvalue weighted by molar-refractivity contribution is 7.52. The van der Waals surface area contributed by atoms with E-state index in [4.69, 9.17) is 33.2 Å². The zero-order valence-corrected chi connectivity index (χ0v) is 41.6. The summed E-state index contributed by atoms with van der Waals surface area (Å²) in [6.45, 7) is 28.3. The lowest BCUT2D eigenvalue weighted by atomic mass is 9.81. The number of phosphoric ester groups is 2. The van der Waals surface area contributed by atoms with E-state index in [1.807, 2.05) is 20.8 Å². The Kier molecular flexibility index (Phi) is 36.2. The van der Waals surface area contributed by atoms with Gasteiger partial charge in [-0.15, -0.1) is 0 Å². The third-order valence-corrected chi connectivity index (χ3v) is 16.5. The summed E-state index contributed by atoms with van der Waals surface area (Å²) in [5.74, 6) is 4.11. The van der Waals surface area contributed by atoms with E-state index in [1.54, 1.807) is 0 Å². The molecule has 360 valence electrons. The van der Waals surface area contributed by atoms with Crippen LogP contribution in [0.4, 0.5) is 4.70 Å². The van der Waals surface area contributed by atoms with Gasteiger partial charge in [0.2, 0.25) is 0 Å². The van der Waals surface area contributed by atoms with Crippen LogP contribution in [0.3, 0.4) is 0 Å². The highest BCUT2D eigenvalue weighted by atomic mass is 31.2. The Hall–Kier alpha value is 0.180. The predicted octanol–water partition coefficient (Wildman–Crippen LogP) is 10.0. The first-order valence-corrected chi connectivity index (χ1v) is 26.7. The Bertz CT molecular complexity index is 1110. The molecular weight excluding hydrogens is 828 g/mol. The molecule has 0 radical (unpaired) electrons. The maximum absolute atomic E-state index is 12.3. The summed E-state index contributed by atoms with van der Waals surface area (Å²) in [4.78, 5) is 29.2. The monoisotopic (exact) mass is 918 g/mol. The minimum absolute atomic E-state index is 0. The lowest BCUT2D eigenvalue weighted by Gasteiger charge is -2.27. The van der Waals surface area contributed by atoms with E-state index < -0.39 is 23.2 Å². The van der Waals surface area contributed by atoms with E-state index in [1.165, 1.54) is 6.42 Å². The van der Waals surface area contributed by atoms with Crippen LogP contribution >= 0.6 is 23.2 Å². The number of phosphoric acid groups is 2. The first-order chi connectivity index (χ1) is 26.8. The van der Waals surface area contributed by atoms with Crippen molar-refractivity contribution in [1.82, 2.24) is 0 Å². The van der Waals surface area contributed by atoms with Crippen LogP contribution in [0.15, 0.2) is 0 Å². The molecule has 18 heteroatoms. The molecule has 59 heavy (non-hydrogen) atoms. The predicted molar refractivity (Wildman–Crippen MR) is 233 cm³/mol. The van der Waals surface area contributed by atoms with Gasteiger partial charge in [-0.1, -0.05) is 103 Å². The van der Waals surface area contributed by atoms with Crippen LogP contribution in [-0.4, -0.2) is 70.7 Å². The van der Waals surface area contributed by atoms with Crippen molar-refractivity contribution in [3.05, 3.63) is 0 Å². The van der Waals surface area contributed by atoms with Crippen molar-refractivity contribution >= 4 is 23.2 Å². The average molecular weight is 918 g/mol. The van der Waals surface area contributed by atoms with Crippen molar-refractivity contribution in [3.8, 4) is 0 Å². The topological polar surface area (TPSA) is 222 Å². The zero-order chi connectivity index (χ0) is 45.3. The number of rotatable bonds is 34. The van der Waals surface area contributed by atoms with E-state index in [-0.39, 0.29) is 74.2 Å². The van der Waals surface area contributed by atoms with Gasteiger partial charge < -0.3 is 34.8 Å². The molecule has 0 fully saturated rings. The van der Waals surface area contributed by atoms with Crippen molar-refractivity contribution in [2.75, 3.05) is 45.8 Å². The largest absolute Gasteiger partial charge is 0.716 e. The van der Waals surface area contributed by atoms with Crippen LogP contribution in [-0.2, 0) is 36.5 Å². The van der Waals surface area contributed by atoms with Gasteiger partial charge in [0.1, 0.15) is 0 Å². The highest BCUT2D eigenvalue weighted by Crippen LogP contribution is 2.46. The Balaban J connectivity index is -0.00000155. The Morgan fingerprint density at radius 3 is 0.915 bits per heavy atom. The van der Waals surface area contributed by atoms with Gasteiger partial charge in [0.25, 0.3) is 0 Å². The number of halogens is 1. The second-order valence-corrected chi connectivity index (χ2v) is 22.5. The zero-order valence-electron chi connectivity index (χ0n) is 38.9. The standard InChI is InChI=1S/C31H66O9P2.C10H23O5P.FH/c1-11-12-23(2)29(8)25(4)14-19-37-41(33,34)39-21-16-27(6)31(10)28(7)17-22-40-42(35,36)38-20-15-26(5)30(9)24(3)13-18-32;1-8(4-6-11)10(3)9(2)5-7-16(13,14)15-12;/h23-32H,11-22H2,1-10H3,(H,33,34)(H,35,36);8-12H,4-7H2,1-3H3,(H,13,14);1H/p-1. The minimum atomic E-state index is -4.12. The van der Waals surface area contributed by atoms with Crippen LogP contribution < -0.4 is 5.26 Å². The third kappa shape index (κ3) is 30.0. The molecular formula is C41H89FO14P3-. The van der Waals surface area contributed by atoms with Crippen LogP contribution in [0.25, 0.3) is 0 Å². The molecule has 0 aromatic rings. The van der Waals surface area contributed by atoms with E-state index in [0.29, 0.717) is 79.4 Å². The maximum atomic E-state index is 12.3. The van der Waals surface area contributed by atoms with Gasteiger partial charge in [-0.25, -0.2) is 9.13 Å². The third-order valence-electron chi connectivity index (χ3n) is 13.4. The molecule has 0 aliphatic carbocycles. The highest BCUT2D eigenvalue weighted by Gasteiger charge is 2.28. The van der Waals surface area contributed by atoms with Crippen molar-refractivity contribution in [1.29, 1.82) is 0 Å². The van der Waals surface area contributed by atoms with Gasteiger partial charge in [0, 0.05) is 19.4 Å². The molecule has 0 amide bonds. The molecule has 0 heterocycles. The van der Waals surface area contributed by atoms with Crippen molar-refractivity contribution in [3.63, 3.8) is 0 Å². The molecule has 0 aromatic carbocycles. The van der Waals surface area contributed by atoms with E-state index in [2.05, 4.69) is 73.9 Å². The van der Waals surface area contributed by atoms with Crippen LogP contribution in [0.1, 0.15) is 148 Å². The average Bonchev–Trinajstić information content (AvgIpc) is 3.15. The fourth-order valence-electron chi connectivity index (χ4n) is 7.10. The summed E-state index contributed by atoms with van der Waals surface area (Å²) in [5, 5.41) is 27.9. The van der Waals surface area contributed by atoms with Gasteiger partial charge in [0.05, 0.1) is 26.4 Å². The van der Waals surface area contributed by atoms with Gasteiger partial charge >= 0.3 is 23.2 Å². The Morgan fingerprint density at radius 2 is 0.678 bits per heavy atom. The first-order valence-electron chi connectivity index (χ1n) is 21.9. The van der Waals surface area contributed by atoms with Gasteiger partial charge in [-0.05, 0) is 116 Å². The number of aliphatic hydroxyl groups excluding tert-OH is 2. The summed E-state index contributed by atoms with van der Waals surface area (Å²) in [6, 6.07) is 0. The fourth-order valence-corrected chi connectivity index (χ4v) is 9.41. The normalized spacial score (nSPS) is 21.2. The second kappa shape index (κ2) is 33.7. The lowest BCUT2D eigenvalue weighted by molar-refractivity contribution is -0.640. The molecule has 0 saturated heterocycles. The van der Waals surface area contributed by atoms with E-state index in [0.717, 1.165) is 19.3 Å². The smallest absolute Gasteiger partial charge is 0.472 e. The SMILES string of the molecule is CC(CCO)C(C)C(C)CCP(=O)(O)O[O-].CCCC(C)C(C)C(C)CCOP(=O)(O)OCCC(C)C(C)C(C)CCOP(=O)(O)OCCC(C)C(C)C(C)CCO.F. The molecule has 0 bridgehead atoms. The summed E-state index contributed by atoms with van der Waals surface area (Å²) < 4.78 is 59.9. The molecule has 0 spiro atoms. The van der Waals surface area contributed by atoms with Gasteiger partial charge in [0.15, 0.2) is 0 Å². The summed E-state index contributed by atoms with van der Waals surface area (Å²) >= 11 is 0. The van der Waals surface area contributed by atoms with Crippen LogP contribution in [0, 0.1) is 71.0 Å².